The van der Waals surface area contributed by atoms with E-state index < -0.39 is 16.2 Å². The Morgan fingerprint density at radius 3 is 2.47 bits per heavy atom. The standard InChI is InChI=1S/C11H21N3O4S/c1-13(4-3-11(15)18-2)19(16,17)14-7-9-5-12-6-10(9)8-14/h9-10,12H,3-8H2,1-2H3/t9-,10+. The van der Waals surface area contributed by atoms with Crippen molar-refractivity contribution in [1.82, 2.24) is 13.9 Å². The lowest BCUT2D eigenvalue weighted by Gasteiger charge is -2.24. The van der Waals surface area contributed by atoms with Gasteiger partial charge in [0.2, 0.25) is 0 Å². The van der Waals surface area contributed by atoms with Gasteiger partial charge in [-0.25, -0.2) is 0 Å². The molecule has 2 atom stereocenters. The predicted octanol–water partition coefficient (Wildman–Crippen LogP) is -1.12. The van der Waals surface area contributed by atoms with Crippen LogP contribution in [0.2, 0.25) is 0 Å². The number of carbonyl (C=O) groups is 1. The Hall–Kier alpha value is -0.700. The number of rotatable bonds is 5. The SMILES string of the molecule is COC(=O)CCN(C)S(=O)(=O)N1C[C@H]2CNC[C@H]2C1. The molecule has 0 aromatic carbocycles. The first-order valence-corrected chi connectivity index (χ1v) is 7.83. The minimum absolute atomic E-state index is 0.0779. The molecule has 1 N–H and O–H groups in total. The first kappa shape index (κ1) is 14.7. The highest BCUT2D eigenvalue weighted by Crippen LogP contribution is 2.28. The Bertz CT molecular complexity index is 427. The molecular weight excluding hydrogens is 270 g/mol. The molecule has 110 valence electrons. The fraction of sp³-hybridized carbons (Fsp3) is 0.909. The monoisotopic (exact) mass is 291 g/mol. The van der Waals surface area contributed by atoms with Crippen LogP contribution in [0.1, 0.15) is 6.42 Å². The van der Waals surface area contributed by atoms with Crippen LogP contribution in [0.25, 0.3) is 0 Å². The van der Waals surface area contributed by atoms with Crippen LogP contribution in [0.3, 0.4) is 0 Å². The van der Waals surface area contributed by atoms with Gasteiger partial charge in [0.05, 0.1) is 13.5 Å². The van der Waals surface area contributed by atoms with Crippen LogP contribution in [-0.4, -0.2) is 69.9 Å². The lowest BCUT2D eigenvalue weighted by molar-refractivity contribution is -0.140. The Balaban J connectivity index is 1.92. The second-order valence-electron chi connectivity index (χ2n) is 5.15. The van der Waals surface area contributed by atoms with Crippen LogP contribution in [0.5, 0.6) is 0 Å². The molecule has 0 aliphatic carbocycles. The molecule has 2 aliphatic rings. The molecule has 2 heterocycles. The first-order chi connectivity index (χ1) is 8.95. The Labute approximate surface area is 114 Å². The van der Waals surface area contributed by atoms with Crippen molar-refractivity contribution in [1.29, 1.82) is 0 Å². The molecule has 7 nitrogen and oxygen atoms in total. The molecule has 8 heteroatoms. The molecule has 0 amide bonds. The van der Waals surface area contributed by atoms with Gasteiger partial charge in [0.1, 0.15) is 0 Å². The summed E-state index contributed by atoms with van der Waals surface area (Å²) in [7, 11) is -0.652. The number of nitrogens with zero attached hydrogens (tertiary/aromatic N) is 2. The summed E-state index contributed by atoms with van der Waals surface area (Å²) < 4.78 is 32.0. The van der Waals surface area contributed by atoms with E-state index in [4.69, 9.17) is 0 Å². The minimum Gasteiger partial charge on any atom is -0.469 e. The molecule has 0 aromatic rings. The van der Waals surface area contributed by atoms with Crippen LogP contribution < -0.4 is 5.32 Å². The third-order valence-corrected chi connectivity index (χ3v) is 5.86. The average molecular weight is 291 g/mol. The van der Waals surface area contributed by atoms with Gasteiger partial charge in [0.25, 0.3) is 10.2 Å². The van der Waals surface area contributed by atoms with Gasteiger partial charge in [0, 0.05) is 26.7 Å². The lowest BCUT2D eigenvalue weighted by Crippen LogP contribution is -2.42. The van der Waals surface area contributed by atoms with Crippen LogP contribution in [0, 0.1) is 11.8 Å². The topological polar surface area (TPSA) is 79.0 Å². The lowest BCUT2D eigenvalue weighted by atomic mass is 10.0. The Kier molecular flexibility index (Phi) is 4.44. The van der Waals surface area contributed by atoms with Gasteiger partial charge >= 0.3 is 5.97 Å². The van der Waals surface area contributed by atoms with E-state index in [2.05, 4.69) is 10.1 Å². The number of esters is 1. The summed E-state index contributed by atoms with van der Waals surface area (Å²) in [5.74, 6) is 0.442. The summed E-state index contributed by atoms with van der Waals surface area (Å²) in [6.45, 7) is 3.08. The van der Waals surface area contributed by atoms with Crippen molar-refractivity contribution in [2.24, 2.45) is 11.8 Å². The van der Waals surface area contributed by atoms with E-state index in [0.29, 0.717) is 24.9 Å². The molecule has 19 heavy (non-hydrogen) atoms. The van der Waals surface area contributed by atoms with E-state index >= 15 is 0 Å². The van der Waals surface area contributed by atoms with Gasteiger partial charge in [-0.2, -0.15) is 17.0 Å². The fourth-order valence-corrected chi connectivity index (χ4v) is 4.14. The smallest absolute Gasteiger partial charge is 0.306 e. The number of nitrogens with one attached hydrogen (secondary N) is 1. The first-order valence-electron chi connectivity index (χ1n) is 6.44. The molecular formula is C11H21N3O4S. The zero-order valence-electron chi connectivity index (χ0n) is 11.3. The van der Waals surface area contributed by atoms with Crippen molar-refractivity contribution in [3.63, 3.8) is 0 Å². The van der Waals surface area contributed by atoms with Crippen LogP contribution in [-0.2, 0) is 19.7 Å². The van der Waals surface area contributed by atoms with E-state index in [0.717, 1.165) is 13.1 Å². The summed E-state index contributed by atoms with van der Waals surface area (Å²) in [6, 6.07) is 0. The Morgan fingerprint density at radius 2 is 1.95 bits per heavy atom. The highest BCUT2D eigenvalue weighted by molar-refractivity contribution is 7.86. The third kappa shape index (κ3) is 3.07. The zero-order valence-corrected chi connectivity index (χ0v) is 12.1. The molecule has 2 fully saturated rings. The normalized spacial score (nSPS) is 27.7. The maximum absolute atomic E-state index is 12.3. The van der Waals surface area contributed by atoms with Crippen LogP contribution in [0.4, 0.5) is 0 Å². The van der Waals surface area contributed by atoms with Gasteiger partial charge in [-0.15, -0.1) is 0 Å². The summed E-state index contributed by atoms with van der Waals surface area (Å²) in [4.78, 5) is 11.1. The van der Waals surface area contributed by atoms with Gasteiger partial charge < -0.3 is 10.1 Å². The number of methoxy groups -OCH3 is 1. The number of hydrogen-bond donors (Lipinski definition) is 1. The molecule has 2 saturated heterocycles. The van der Waals surface area contributed by atoms with Crippen LogP contribution in [0.15, 0.2) is 0 Å². The van der Waals surface area contributed by atoms with E-state index in [1.54, 1.807) is 0 Å². The largest absolute Gasteiger partial charge is 0.469 e. The van der Waals surface area contributed by atoms with Gasteiger partial charge in [-0.05, 0) is 24.9 Å². The quantitative estimate of drug-likeness (QED) is 0.649. The molecule has 0 aromatic heterocycles. The molecule has 2 aliphatic heterocycles. The number of ether oxygens (including phenoxy) is 1. The van der Waals surface area contributed by atoms with E-state index in [-0.39, 0.29) is 13.0 Å². The second-order valence-corrected chi connectivity index (χ2v) is 7.19. The van der Waals surface area contributed by atoms with Crippen molar-refractivity contribution in [2.45, 2.75) is 6.42 Å². The number of fused-ring (bicyclic) bond motifs is 1. The highest BCUT2D eigenvalue weighted by atomic mass is 32.2. The summed E-state index contributed by atoms with van der Waals surface area (Å²) >= 11 is 0. The molecule has 0 spiro atoms. The van der Waals surface area contributed by atoms with E-state index in [9.17, 15) is 13.2 Å². The predicted molar refractivity (Wildman–Crippen MR) is 69.6 cm³/mol. The van der Waals surface area contributed by atoms with Crippen molar-refractivity contribution < 1.29 is 17.9 Å². The highest BCUT2D eigenvalue weighted by Gasteiger charge is 2.42. The van der Waals surface area contributed by atoms with E-state index in [1.165, 1.54) is 22.8 Å². The van der Waals surface area contributed by atoms with Crippen LogP contribution >= 0.6 is 0 Å². The van der Waals surface area contributed by atoms with Crippen molar-refractivity contribution >= 4 is 16.2 Å². The molecule has 0 saturated carbocycles. The van der Waals surface area contributed by atoms with Crippen molar-refractivity contribution in [2.75, 3.05) is 46.9 Å². The maximum atomic E-state index is 12.3. The van der Waals surface area contributed by atoms with Gasteiger partial charge in [0.15, 0.2) is 0 Å². The molecule has 0 radical (unpaired) electrons. The number of hydrogen-bond acceptors (Lipinski definition) is 5. The number of carbonyl (C=O) groups excluding carboxylic acids is 1. The molecule has 0 unspecified atom stereocenters. The van der Waals surface area contributed by atoms with E-state index in [1.807, 2.05) is 0 Å². The maximum Gasteiger partial charge on any atom is 0.306 e. The Morgan fingerprint density at radius 1 is 1.37 bits per heavy atom. The summed E-state index contributed by atoms with van der Waals surface area (Å²) in [6.07, 6.45) is 0.0779. The van der Waals surface area contributed by atoms with Gasteiger partial charge in [-0.1, -0.05) is 0 Å². The van der Waals surface area contributed by atoms with Crippen molar-refractivity contribution in [3.05, 3.63) is 0 Å². The van der Waals surface area contributed by atoms with Crippen molar-refractivity contribution in [3.8, 4) is 0 Å². The second kappa shape index (κ2) is 5.74. The summed E-state index contributed by atoms with van der Waals surface area (Å²) in [5, 5.41) is 3.28. The third-order valence-electron chi connectivity index (χ3n) is 3.93. The fourth-order valence-electron chi connectivity index (χ4n) is 2.66. The molecule has 0 bridgehead atoms. The summed E-state index contributed by atoms with van der Waals surface area (Å²) in [5.41, 5.74) is 0. The molecule has 2 rings (SSSR count). The minimum atomic E-state index is -3.45. The zero-order chi connectivity index (χ0) is 14.0. The average Bonchev–Trinajstić information content (AvgIpc) is 2.95. The van der Waals surface area contributed by atoms with Gasteiger partial charge in [-0.3, -0.25) is 4.79 Å².